The number of hydrogen-bond acceptors (Lipinski definition) is 6. The topological polar surface area (TPSA) is 60.9 Å². The van der Waals surface area contributed by atoms with E-state index in [0.29, 0.717) is 5.41 Å². The number of ether oxygens (including phenoxy) is 3. The molecule has 3 rings (SSSR count). The van der Waals surface area contributed by atoms with Gasteiger partial charge in [0, 0.05) is 31.0 Å². The van der Waals surface area contributed by atoms with E-state index < -0.39 is 11.7 Å². The van der Waals surface area contributed by atoms with Gasteiger partial charge in [-0.1, -0.05) is 0 Å². The zero-order chi connectivity index (χ0) is 23.0. The third-order valence-electron chi connectivity index (χ3n) is 6.13. The Bertz CT molecular complexity index is 803. The molecule has 1 aromatic heterocycles. The molecule has 0 amide bonds. The van der Waals surface area contributed by atoms with Crippen LogP contribution in [0.3, 0.4) is 0 Å². The van der Waals surface area contributed by atoms with Crippen molar-refractivity contribution in [1.29, 1.82) is 0 Å². The molecule has 31 heavy (non-hydrogen) atoms. The molecule has 0 N–H and O–H groups in total. The Morgan fingerprint density at radius 1 is 1.16 bits per heavy atom. The van der Waals surface area contributed by atoms with Crippen molar-refractivity contribution in [1.82, 2.24) is 4.98 Å². The molecule has 2 aliphatic heterocycles. The predicted molar refractivity (Wildman–Crippen MR) is 126 cm³/mol. The van der Waals surface area contributed by atoms with E-state index in [1.54, 1.807) is 0 Å². The van der Waals surface area contributed by atoms with Crippen LogP contribution in [0, 0.1) is 19.3 Å². The van der Waals surface area contributed by atoms with Crippen LogP contribution in [0.15, 0.2) is 4.47 Å². The Morgan fingerprint density at radius 3 is 2.32 bits per heavy atom. The monoisotopic (exact) mass is 496 g/mol. The van der Waals surface area contributed by atoms with Gasteiger partial charge in [-0.3, -0.25) is 4.98 Å². The first kappa shape index (κ1) is 24.5. The zero-order valence-corrected chi connectivity index (χ0v) is 21.6. The highest BCUT2D eigenvalue weighted by molar-refractivity contribution is 9.10. The molecule has 0 bridgehead atoms. The second-order valence-electron chi connectivity index (χ2n) is 10.2. The fourth-order valence-electron chi connectivity index (χ4n) is 4.57. The number of carbonyl (C=O) groups is 1. The summed E-state index contributed by atoms with van der Waals surface area (Å²) in [4.78, 5) is 20.3. The molecular formula is C24H37BrN2O4. The second-order valence-corrected chi connectivity index (χ2v) is 11.0. The molecule has 1 unspecified atom stereocenters. The normalized spacial score (nSPS) is 19.8. The van der Waals surface area contributed by atoms with Gasteiger partial charge in [0.05, 0.1) is 34.2 Å². The average molecular weight is 497 g/mol. The van der Waals surface area contributed by atoms with Gasteiger partial charge in [0.1, 0.15) is 0 Å². The third-order valence-corrected chi connectivity index (χ3v) is 7.08. The first-order valence-corrected chi connectivity index (χ1v) is 12.1. The average Bonchev–Trinajstić information content (AvgIpc) is 3.10. The molecule has 6 nitrogen and oxygen atoms in total. The van der Waals surface area contributed by atoms with E-state index in [2.05, 4.69) is 20.8 Å². The summed E-state index contributed by atoms with van der Waals surface area (Å²) < 4.78 is 18.5. The van der Waals surface area contributed by atoms with Crippen LogP contribution in [0.4, 0.5) is 5.69 Å². The number of hydrogen-bond donors (Lipinski definition) is 0. The van der Waals surface area contributed by atoms with E-state index in [9.17, 15) is 4.79 Å². The quantitative estimate of drug-likeness (QED) is 0.517. The molecule has 3 heterocycles. The van der Waals surface area contributed by atoms with Crippen molar-refractivity contribution >= 4 is 27.6 Å². The van der Waals surface area contributed by atoms with Crippen LogP contribution in [-0.4, -0.2) is 49.0 Å². The summed E-state index contributed by atoms with van der Waals surface area (Å²) >= 11 is 3.79. The minimum Gasteiger partial charge on any atom is -0.461 e. The Hall–Kier alpha value is -1.18. The lowest BCUT2D eigenvalue weighted by Crippen LogP contribution is -2.42. The second kappa shape index (κ2) is 9.36. The van der Waals surface area contributed by atoms with Gasteiger partial charge in [-0.2, -0.15) is 0 Å². The summed E-state index contributed by atoms with van der Waals surface area (Å²) in [6, 6.07) is 0. The summed E-state index contributed by atoms with van der Waals surface area (Å²) in [6.45, 7) is 17.1. The van der Waals surface area contributed by atoms with E-state index >= 15 is 0 Å². The van der Waals surface area contributed by atoms with E-state index in [-0.39, 0.29) is 12.1 Å². The number of nitrogens with zero attached hydrogens (tertiary/aromatic N) is 2. The van der Waals surface area contributed by atoms with Crippen LogP contribution < -0.4 is 4.90 Å². The third kappa shape index (κ3) is 5.60. The molecule has 0 radical (unpaired) electrons. The molecule has 2 aliphatic rings. The smallest absolute Gasteiger partial charge is 0.340 e. The van der Waals surface area contributed by atoms with Crippen molar-refractivity contribution in [2.24, 2.45) is 5.41 Å². The maximum absolute atomic E-state index is 13.2. The molecule has 2 saturated heterocycles. The van der Waals surface area contributed by atoms with Crippen LogP contribution in [0.5, 0.6) is 0 Å². The molecule has 0 aromatic carbocycles. The van der Waals surface area contributed by atoms with Crippen molar-refractivity contribution in [2.45, 2.75) is 85.5 Å². The Labute approximate surface area is 195 Å². The van der Waals surface area contributed by atoms with Crippen molar-refractivity contribution in [2.75, 3.05) is 31.2 Å². The fourth-order valence-corrected chi connectivity index (χ4v) is 5.12. The largest absolute Gasteiger partial charge is 0.461 e. The summed E-state index contributed by atoms with van der Waals surface area (Å²) in [5.74, 6) is -0.371. The van der Waals surface area contributed by atoms with Gasteiger partial charge < -0.3 is 19.1 Å². The number of piperidine rings is 1. The molecule has 0 aliphatic carbocycles. The number of aryl methyl sites for hydroxylation is 2. The van der Waals surface area contributed by atoms with Gasteiger partial charge in [0.15, 0.2) is 6.10 Å². The van der Waals surface area contributed by atoms with Crippen LogP contribution >= 0.6 is 15.9 Å². The zero-order valence-electron chi connectivity index (χ0n) is 20.0. The Morgan fingerprint density at radius 2 is 1.81 bits per heavy atom. The van der Waals surface area contributed by atoms with Crippen LogP contribution in [0.1, 0.15) is 76.9 Å². The molecule has 1 aromatic rings. The molecule has 174 valence electrons. The number of rotatable bonds is 5. The van der Waals surface area contributed by atoms with Gasteiger partial charge in [0.2, 0.25) is 0 Å². The number of esters is 1. The number of aromatic nitrogens is 1. The van der Waals surface area contributed by atoms with Crippen molar-refractivity contribution < 1.29 is 19.0 Å². The van der Waals surface area contributed by atoms with Gasteiger partial charge >= 0.3 is 5.97 Å². The van der Waals surface area contributed by atoms with Crippen LogP contribution in [0.25, 0.3) is 0 Å². The van der Waals surface area contributed by atoms with Crippen molar-refractivity contribution in [3.63, 3.8) is 0 Å². The predicted octanol–water partition coefficient (Wildman–Crippen LogP) is 5.28. The molecular weight excluding hydrogens is 460 g/mol. The summed E-state index contributed by atoms with van der Waals surface area (Å²) in [5, 5.41) is 0. The number of anilines is 1. The first-order chi connectivity index (χ1) is 14.4. The Kier molecular flexibility index (Phi) is 7.38. The number of halogens is 1. The SMILES string of the molecule is Cc1nc(C)c(C(OC(C)(C)C)C(=O)OC(C)C)c(N2CCC3(CCOC3)CC2)c1Br. The number of pyridine rings is 1. The van der Waals surface area contributed by atoms with E-state index in [0.717, 1.165) is 72.7 Å². The van der Waals surface area contributed by atoms with E-state index in [4.69, 9.17) is 19.2 Å². The maximum atomic E-state index is 13.2. The lowest BCUT2D eigenvalue weighted by atomic mass is 9.78. The molecule has 0 saturated carbocycles. The molecule has 2 fully saturated rings. The van der Waals surface area contributed by atoms with Gasteiger partial charge in [-0.25, -0.2) is 4.79 Å². The molecule has 1 atom stereocenters. The fraction of sp³-hybridized carbons (Fsp3) is 0.750. The van der Waals surface area contributed by atoms with Crippen LogP contribution in [-0.2, 0) is 19.0 Å². The van der Waals surface area contributed by atoms with Gasteiger partial charge in [0.25, 0.3) is 0 Å². The van der Waals surface area contributed by atoms with Crippen molar-refractivity contribution in [3.8, 4) is 0 Å². The minimum absolute atomic E-state index is 0.221. The maximum Gasteiger partial charge on any atom is 0.340 e. The van der Waals surface area contributed by atoms with Gasteiger partial charge in [-0.05, 0) is 89.1 Å². The number of carbonyl (C=O) groups excluding carboxylic acids is 1. The highest BCUT2D eigenvalue weighted by atomic mass is 79.9. The van der Waals surface area contributed by atoms with Crippen molar-refractivity contribution in [3.05, 3.63) is 21.4 Å². The van der Waals surface area contributed by atoms with Crippen LogP contribution in [0.2, 0.25) is 0 Å². The molecule has 1 spiro atoms. The van der Waals surface area contributed by atoms with E-state index in [1.165, 1.54) is 0 Å². The lowest BCUT2D eigenvalue weighted by molar-refractivity contribution is -0.171. The molecule has 7 heteroatoms. The van der Waals surface area contributed by atoms with Gasteiger partial charge in [-0.15, -0.1) is 0 Å². The first-order valence-electron chi connectivity index (χ1n) is 11.3. The van der Waals surface area contributed by atoms with E-state index in [1.807, 2.05) is 48.5 Å². The Balaban J connectivity index is 2.03. The summed E-state index contributed by atoms with van der Waals surface area (Å²) in [6.07, 6.45) is 2.25. The standard InChI is InChI=1S/C24H37BrN2O4/c1-15(2)30-22(28)21(31-23(5,6)7)18-16(3)26-17(4)19(25)20(18)27-11-8-24(9-12-27)10-13-29-14-24/h15,21H,8-14H2,1-7H3. The lowest BCUT2D eigenvalue weighted by Gasteiger charge is -2.41. The highest BCUT2D eigenvalue weighted by Gasteiger charge is 2.41. The highest BCUT2D eigenvalue weighted by Crippen LogP contribution is 2.45. The minimum atomic E-state index is -0.840. The summed E-state index contributed by atoms with van der Waals surface area (Å²) in [5.41, 5.74) is 3.31. The summed E-state index contributed by atoms with van der Waals surface area (Å²) in [7, 11) is 0.